The summed E-state index contributed by atoms with van der Waals surface area (Å²) in [5.74, 6) is -3.03. The SMILES string of the molecule is Cc1nc(C(=O)Nc2cc(-n3cc(C(=O)NCCCN4CCOCC4)nn3)ccc2N2CCN(C)[C@@H](C)C2)c(C(F)(F)F)nc1F. The van der Waals surface area contributed by atoms with Gasteiger partial charge in [0.1, 0.15) is 0 Å². The summed E-state index contributed by atoms with van der Waals surface area (Å²) >= 11 is 0. The number of alkyl halides is 3. The van der Waals surface area contributed by atoms with Gasteiger partial charge in [0.2, 0.25) is 5.95 Å². The van der Waals surface area contributed by atoms with Crippen LogP contribution in [-0.2, 0) is 10.9 Å². The Labute approximate surface area is 262 Å². The van der Waals surface area contributed by atoms with Crippen molar-refractivity contribution in [3.63, 3.8) is 0 Å². The number of rotatable bonds is 9. The van der Waals surface area contributed by atoms with Gasteiger partial charge in [-0.15, -0.1) is 5.10 Å². The van der Waals surface area contributed by atoms with Crippen LogP contribution in [0.25, 0.3) is 5.69 Å². The van der Waals surface area contributed by atoms with Crippen LogP contribution < -0.4 is 15.5 Å². The molecule has 17 heteroatoms. The third-order valence-corrected chi connectivity index (χ3v) is 8.06. The van der Waals surface area contributed by atoms with Crippen molar-refractivity contribution >= 4 is 23.2 Å². The fourth-order valence-corrected chi connectivity index (χ4v) is 5.26. The van der Waals surface area contributed by atoms with Gasteiger partial charge in [-0.25, -0.2) is 14.6 Å². The van der Waals surface area contributed by atoms with Crippen molar-refractivity contribution in [3.8, 4) is 5.69 Å². The van der Waals surface area contributed by atoms with Gasteiger partial charge in [0, 0.05) is 45.3 Å². The summed E-state index contributed by atoms with van der Waals surface area (Å²) in [5.41, 5.74) is -2.05. The first-order chi connectivity index (χ1) is 21.9. The van der Waals surface area contributed by atoms with E-state index < -0.39 is 41.0 Å². The maximum absolute atomic E-state index is 14.0. The Morgan fingerprint density at radius 2 is 1.85 bits per heavy atom. The van der Waals surface area contributed by atoms with Gasteiger partial charge in [0.15, 0.2) is 17.1 Å². The molecule has 4 heterocycles. The number of anilines is 2. The molecule has 0 unspecified atom stereocenters. The summed E-state index contributed by atoms with van der Waals surface area (Å²) in [6, 6.07) is 5.09. The Hall–Kier alpha value is -4.22. The number of amides is 2. The van der Waals surface area contributed by atoms with Gasteiger partial charge in [-0.05, 0) is 52.1 Å². The molecule has 3 aromatic rings. The van der Waals surface area contributed by atoms with E-state index in [4.69, 9.17) is 4.74 Å². The molecule has 248 valence electrons. The lowest BCUT2D eigenvalue weighted by atomic mass is 10.1. The van der Waals surface area contributed by atoms with Crippen molar-refractivity contribution in [2.24, 2.45) is 0 Å². The summed E-state index contributed by atoms with van der Waals surface area (Å²) in [6.45, 7) is 9.44. The van der Waals surface area contributed by atoms with Crippen molar-refractivity contribution < 1.29 is 31.9 Å². The zero-order chi connectivity index (χ0) is 33.0. The summed E-state index contributed by atoms with van der Waals surface area (Å²) in [7, 11) is 1.99. The Morgan fingerprint density at radius 1 is 1.09 bits per heavy atom. The zero-order valence-corrected chi connectivity index (χ0v) is 25.8. The largest absolute Gasteiger partial charge is 0.435 e. The molecule has 0 radical (unpaired) electrons. The molecule has 2 N–H and O–H groups in total. The minimum atomic E-state index is -5.12. The molecule has 2 fully saturated rings. The third kappa shape index (κ3) is 7.76. The van der Waals surface area contributed by atoms with Gasteiger partial charge in [0.05, 0.1) is 42.2 Å². The maximum Gasteiger partial charge on any atom is 0.435 e. The number of piperazine rings is 1. The molecular formula is C29H36F4N10O3. The summed E-state index contributed by atoms with van der Waals surface area (Å²) < 4.78 is 61.8. The van der Waals surface area contributed by atoms with Crippen molar-refractivity contribution in [1.82, 2.24) is 40.1 Å². The number of nitrogens with one attached hydrogen (secondary N) is 2. The third-order valence-electron chi connectivity index (χ3n) is 8.06. The molecule has 2 aliphatic heterocycles. The number of carbonyl (C=O) groups excluding carboxylic acids is 2. The number of hydrogen-bond donors (Lipinski definition) is 2. The monoisotopic (exact) mass is 648 g/mol. The van der Waals surface area contributed by atoms with Gasteiger partial charge >= 0.3 is 6.18 Å². The normalized spacial score (nSPS) is 18.1. The zero-order valence-electron chi connectivity index (χ0n) is 25.8. The molecule has 2 aliphatic rings. The van der Waals surface area contributed by atoms with Gasteiger partial charge in [0.25, 0.3) is 11.8 Å². The number of halogens is 4. The van der Waals surface area contributed by atoms with Gasteiger partial charge in [-0.1, -0.05) is 5.21 Å². The fourth-order valence-electron chi connectivity index (χ4n) is 5.26. The second kappa shape index (κ2) is 14.0. The van der Waals surface area contributed by atoms with Crippen LogP contribution in [0.15, 0.2) is 24.4 Å². The average Bonchev–Trinajstić information content (AvgIpc) is 3.52. The number of aryl methyl sites for hydroxylation is 1. The van der Waals surface area contributed by atoms with E-state index in [9.17, 15) is 27.2 Å². The van der Waals surface area contributed by atoms with Crippen molar-refractivity contribution in [3.05, 3.63) is 53.1 Å². The lowest BCUT2D eigenvalue weighted by Gasteiger charge is -2.39. The summed E-state index contributed by atoms with van der Waals surface area (Å²) in [6.07, 6.45) is -2.94. The van der Waals surface area contributed by atoms with E-state index in [1.165, 1.54) is 16.9 Å². The molecule has 5 rings (SSSR count). The molecule has 1 aromatic carbocycles. The minimum Gasteiger partial charge on any atom is -0.379 e. The summed E-state index contributed by atoms with van der Waals surface area (Å²) in [5, 5.41) is 13.4. The van der Waals surface area contributed by atoms with Crippen LogP contribution in [0.3, 0.4) is 0 Å². The van der Waals surface area contributed by atoms with Crippen LogP contribution >= 0.6 is 0 Å². The van der Waals surface area contributed by atoms with E-state index in [1.807, 2.05) is 18.9 Å². The highest BCUT2D eigenvalue weighted by Gasteiger charge is 2.40. The first kappa shape index (κ1) is 33.2. The van der Waals surface area contributed by atoms with E-state index in [0.717, 1.165) is 33.0 Å². The van der Waals surface area contributed by atoms with E-state index in [1.54, 1.807) is 12.1 Å². The topological polar surface area (TPSA) is 134 Å². The number of nitrogens with zero attached hydrogens (tertiary/aromatic N) is 8. The maximum atomic E-state index is 14.0. The number of aromatic nitrogens is 5. The van der Waals surface area contributed by atoms with Crippen LogP contribution in [0, 0.1) is 12.9 Å². The number of likely N-dealkylation sites (N-methyl/N-ethyl adjacent to an activating group) is 1. The number of ether oxygens (including phenoxy) is 1. The molecule has 46 heavy (non-hydrogen) atoms. The Kier molecular flexibility index (Phi) is 10.1. The highest BCUT2D eigenvalue weighted by Crippen LogP contribution is 2.33. The Morgan fingerprint density at radius 3 is 2.57 bits per heavy atom. The highest BCUT2D eigenvalue weighted by atomic mass is 19.4. The second-order valence-corrected chi connectivity index (χ2v) is 11.3. The fraction of sp³-hybridized carbons (Fsp3) is 0.517. The van der Waals surface area contributed by atoms with Crippen molar-refractivity contribution in [2.45, 2.75) is 32.5 Å². The van der Waals surface area contributed by atoms with E-state index >= 15 is 0 Å². The van der Waals surface area contributed by atoms with Crippen molar-refractivity contribution in [2.75, 3.05) is 76.3 Å². The van der Waals surface area contributed by atoms with Gasteiger partial charge in [-0.3, -0.25) is 14.5 Å². The molecule has 0 aliphatic carbocycles. The van der Waals surface area contributed by atoms with Crippen LogP contribution in [0.4, 0.5) is 28.9 Å². The molecule has 13 nitrogen and oxygen atoms in total. The number of carbonyl (C=O) groups is 2. The molecule has 0 spiro atoms. The molecule has 2 saturated heterocycles. The van der Waals surface area contributed by atoms with Crippen LogP contribution in [0.2, 0.25) is 0 Å². The average molecular weight is 649 g/mol. The molecule has 0 saturated carbocycles. The van der Waals surface area contributed by atoms with Crippen LogP contribution in [0.1, 0.15) is 45.7 Å². The van der Waals surface area contributed by atoms with Gasteiger partial charge in [-0.2, -0.15) is 17.6 Å². The predicted octanol–water partition coefficient (Wildman–Crippen LogP) is 2.37. The number of hydrogen-bond acceptors (Lipinski definition) is 10. The van der Waals surface area contributed by atoms with Crippen LogP contribution in [-0.4, -0.2) is 119 Å². The molecule has 2 amide bonds. The lowest BCUT2D eigenvalue weighted by Crippen LogP contribution is -2.50. The van der Waals surface area contributed by atoms with E-state index in [2.05, 4.69) is 40.7 Å². The number of morpholine rings is 1. The number of benzene rings is 1. The molecule has 0 bridgehead atoms. The molecular weight excluding hydrogens is 612 g/mol. The van der Waals surface area contributed by atoms with E-state index in [0.29, 0.717) is 50.8 Å². The molecule has 2 aromatic heterocycles. The Bertz CT molecular complexity index is 1560. The highest BCUT2D eigenvalue weighted by molar-refractivity contribution is 6.05. The quantitative estimate of drug-likeness (QED) is 0.263. The smallest absolute Gasteiger partial charge is 0.379 e. The minimum absolute atomic E-state index is 0.0702. The van der Waals surface area contributed by atoms with E-state index in [-0.39, 0.29) is 17.4 Å². The first-order valence-electron chi connectivity index (χ1n) is 14.9. The molecule has 1 atom stereocenters. The van der Waals surface area contributed by atoms with Gasteiger partial charge < -0.3 is 25.2 Å². The first-order valence-corrected chi connectivity index (χ1v) is 14.9. The Balaban J connectivity index is 1.37. The second-order valence-electron chi connectivity index (χ2n) is 11.3. The standard InChI is InChI=1S/C29H36F4N10O3/c1-18-16-42(10-9-40(18)3)23-6-5-20(15-21(23)36-28(45)24-25(29(31,32)33)37-26(30)19(2)35-24)43-17-22(38-39-43)27(44)34-7-4-8-41-11-13-46-14-12-41/h5-6,15,17-18H,4,7-14,16H2,1-3H3,(H,34,44)(H,36,45)/t18-/m0/s1. The summed E-state index contributed by atoms with van der Waals surface area (Å²) in [4.78, 5) is 39.0. The lowest BCUT2D eigenvalue weighted by molar-refractivity contribution is -0.142. The van der Waals surface area contributed by atoms with Crippen molar-refractivity contribution in [1.29, 1.82) is 0 Å². The predicted molar refractivity (Wildman–Crippen MR) is 160 cm³/mol. The van der Waals surface area contributed by atoms with Crippen LogP contribution in [0.5, 0.6) is 0 Å².